The molecule has 0 aliphatic rings. The van der Waals surface area contributed by atoms with E-state index >= 15 is 0 Å². The van der Waals surface area contributed by atoms with Gasteiger partial charge in [-0.05, 0) is 30.8 Å². The fourth-order valence-corrected chi connectivity index (χ4v) is 2.53. The van der Waals surface area contributed by atoms with Crippen molar-refractivity contribution in [3.8, 4) is 0 Å². The van der Waals surface area contributed by atoms with Crippen LogP contribution in [-0.4, -0.2) is 28.1 Å². The molecule has 0 fully saturated rings. The van der Waals surface area contributed by atoms with E-state index in [1.54, 1.807) is 17.0 Å². The summed E-state index contributed by atoms with van der Waals surface area (Å²) in [6.07, 6.45) is 10.5. The van der Waals surface area contributed by atoms with Crippen molar-refractivity contribution < 1.29 is 0 Å². The van der Waals surface area contributed by atoms with E-state index in [2.05, 4.69) is 30.4 Å². The van der Waals surface area contributed by atoms with Crippen LogP contribution in [0.1, 0.15) is 39.5 Å². The molecule has 1 N–H and O–H groups in total. The van der Waals surface area contributed by atoms with Gasteiger partial charge in [-0.2, -0.15) is 11.8 Å². The fraction of sp³-hybridized carbons (Fsp3) is 0.733. The van der Waals surface area contributed by atoms with Crippen molar-refractivity contribution >= 4 is 17.6 Å². The predicted molar refractivity (Wildman–Crippen MR) is 88.7 cm³/mol. The van der Waals surface area contributed by atoms with Crippen LogP contribution < -0.4 is 10.9 Å². The summed E-state index contributed by atoms with van der Waals surface area (Å²) < 4.78 is 1.73. The Hall–Kier alpha value is -0.970. The van der Waals surface area contributed by atoms with Crippen molar-refractivity contribution in [1.82, 2.24) is 9.55 Å². The molecule has 1 heterocycles. The molecule has 1 aromatic heterocycles. The van der Waals surface area contributed by atoms with Crippen LogP contribution in [-0.2, 0) is 6.54 Å². The van der Waals surface area contributed by atoms with Gasteiger partial charge >= 0.3 is 0 Å². The van der Waals surface area contributed by atoms with Gasteiger partial charge in [0.05, 0.1) is 0 Å². The third kappa shape index (κ3) is 6.46. The van der Waals surface area contributed by atoms with Crippen molar-refractivity contribution in [2.45, 2.75) is 46.1 Å². The zero-order chi connectivity index (χ0) is 14.8. The summed E-state index contributed by atoms with van der Waals surface area (Å²) in [6, 6.07) is 0. The number of thioether (sulfide) groups is 1. The molecule has 0 spiro atoms. The van der Waals surface area contributed by atoms with E-state index in [9.17, 15) is 4.79 Å². The molecule has 5 heteroatoms. The number of unbranched alkanes of at least 4 members (excludes halogenated alkanes) is 3. The van der Waals surface area contributed by atoms with E-state index in [4.69, 9.17) is 0 Å². The van der Waals surface area contributed by atoms with Crippen LogP contribution in [0.3, 0.4) is 0 Å². The molecule has 0 aliphatic heterocycles. The average Bonchev–Trinajstić information content (AvgIpc) is 2.41. The highest BCUT2D eigenvalue weighted by molar-refractivity contribution is 7.98. The number of anilines is 1. The Morgan fingerprint density at radius 2 is 2.05 bits per heavy atom. The van der Waals surface area contributed by atoms with Crippen LogP contribution in [0.4, 0.5) is 5.82 Å². The number of hydrogen-bond donors (Lipinski definition) is 1. The average molecular weight is 297 g/mol. The molecule has 0 unspecified atom stereocenters. The topological polar surface area (TPSA) is 46.9 Å². The monoisotopic (exact) mass is 297 g/mol. The Labute approximate surface area is 126 Å². The Kier molecular flexibility index (Phi) is 8.42. The van der Waals surface area contributed by atoms with Gasteiger partial charge in [0, 0.05) is 25.5 Å². The zero-order valence-corrected chi connectivity index (χ0v) is 13.7. The summed E-state index contributed by atoms with van der Waals surface area (Å²) in [4.78, 5) is 16.3. The normalized spacial score (nSPS) is 11.0. The summed E-state index contributed by atoms with van der Waals surface area (Å²) >= 11 is 1.90. The second-order valence-corrected chi connectivity index (χ2v) is 6.45. The van der Waals surface area contributed by atoms with Crippen LogP contribution in [0.2, 0.25) is 0 Å². The zero-order valence-electron chi connectivity index (χ0n) is 12.9. The summed E-state index contributed by atoms with van der Waals surface area (Å²) in [5, 5.41) is 3.17. The Balaban J connectivity index is 2.35. The highest BCUT2D eigenvalue weighted by Gasteiger charge is 2.05. The van der Waals surface area contributed by atoms with Crippen molar-refractivity contribution in [3.05, 3.63) is 22.7 Å². The van der Waals surface area contributed by atoms with Crippen LogP contribution in [0.15, 0.2) is 17.2 Å². The van der Waals surface area contributed by atoms with Gasteiger partial charge < -0.3 is 9.88 Å². The minimum absolute atomic E-state index is 0.0106. The summed E-state index contributed by atoms with van der Waals surface area (Å²) in [7, 11) is 0. The molecule has 0 aromatic carbocycles. The van der Waals surface area contributed by atoms with Gasteiger partial charge in [0.1, 0.15) is 0 Å². The first kappa shape index (κ1) is 17.1. The van der Waals surface area contributed by atoms with Gasteiger partial charge in [-0.1, -0.05) is 26.7 Å². The minimum Gasteiger partial charge on any atom is -0.365 e. The van der Waals surface area contributed by atoms with Crippen molar-refractivity contribution in [2.24, 2.45) is 5.92 Å². The molecule has 0 bridgehead atoms. The number of nitrogens with zero attached hydrogens (tertiary/aromatic N) is 2. The largest absolute Gasteiger partial charge is 0.365 e. The van der Waals surface area contributed by atoms with Crippen LogP contribution in [0, 0.1) is 5.92 Å². The van der Waals surface area contributed by atoms with Crippen LogP contribution in [0.25, 0.3) is 0 Å². The van der Waals surface area contributed by atoms with E-state index in [0.717, 1.165) is 19.5 Å². The van der Waals surface area contributed by atoms with E-state index in [1.807, 2.05) is 11.8 Å². The van der Waals surface area contributed by atoms with E-state index in [1.165, 1.54) is 25.0 Å². The molecule has 4 nitrogen and oxygen atoms in total. The summed E-state index contributed by atoms with van der Waals surface area (Å²) in [5.41, 5.74) is -0.0106. The number of nitrogens with one attached hydrogen (secondary N) is 1. The molecule has 0 aliphatic carbocycles. The Morgan fingerprint density at radius 3 is 2.75 bits per heavy atom. The van der Waals surface area contributed by atoms with Gasteiger partial charge in [0.25, 0.3) is 5.56 Å². The van der Waals surface area contributed by atoms with Crippen LogP contribution >= 0.6 is 11.8 Å². The molecule has 20 heavy (non-hydrogen) atoms. The number of rotatable bonds is 10. The third-order valence-corrected chi connectivity index (χ3v) is 3.74. The van der Waals surface area contributed by atoms with Gasteiger partial charge in [-0.25, -0.2) is 4.98 Å². The third-order valence-electron chi connectivity index (χ3n) is 3.04. The predicted octanol–water partition coefficient (Wildman–Crippen LogP) is 3.23. The minimum atomic E-state index is -0.0106. The van der Waals surface area contributed by atoms with Gasteiger partial charge in [-0.15, -0.1) is 0 Å². The Bertz CT molecular complexity index is 431. The highest BCUT2D eigenvalue weighted by Crippen LogP contribution is 2.05. The first-order chi connectivity index (χ1) is 9.65. The van der Waals surface area contributed by atoms with Crippen LogP contribution in [0.5, 0.6) is 0 Å². The maximum Gasteiger partial charge on any atom is 0.293 e. The molecule has 0 radical (unpaired) electrons. The quantitative estimate of drug-likeness (QED) is 0.674. The molecule has 1 rings (SSSR count). The molecule has 0 amide bonds. The lowest BCUT2D eigenvalue weighted by Gasteiger charge is -2.10. The lowest BCUT2D eigenvalue weighted by atomic mass is 10.2. The van der Waals surface area contributed by atoms with E-state index < -0.39 is 0 Å². The molecule has 0 atom stereocenters. The fourth-order valence-electron chi connectivity index (χ4n) is 2.04. The maximum atomic E-state index is 12.1. The Morgan fingerprint density at radius 1 is 1.30 bits per heavy atom. The lowest BCUT2D eigenvalue weighted by molar-refractivity contribution is 0.509. The number of hydrogen-bond acceptors (Lipinski definition) is 4. The second kappa shape index (κ2) is 9.86. The summed E-state index contributed by atoms with van der Waals surface area (Å²) in [5.74, 6) is 2.18. The SMILES string of the molecule is CSCCCCCCNc1nccn(CC(C)C)c1=O. The van der Waals surface area contributed by atoms with Gasteiger partial charge in [0.15, 0.2) is 5.82 Å². The van der Waals surface area contributed by atoms with Gasteiger partial charge in [-0.3, -0.25) is 4.79 Å². The maximum absolute atomic E-state index is 12.1. The molecular weight excluding hydrogens is 270 g/mol. The standard InChI is InChI=1S/C15H27N3OS/c1-13(2)12-18-10-9-17-14(15(18)19)16-8-6-4-5-7-11-20-3/h9-10,13H,4-8,11-12H2,1-3H3,(H,16,17). The molecule has 114 valence electrons. The molecule has 0 saturated heterocycles. The smallest absolute Gasteiger partial charge is 0.293 e. The number of aromatic nitrogens is 2. The summed E-state index contributed by atoms with van der Waals surface area (Å²) in [6.45, 7) is 5.78. The first-order valence-electron chi connectivity index (χ1n) is 7.43. The lowest BCUT2D eigenvalue weighted by Crippen LogP contribution is -2.26. The van der Waals surface area contributed by atoms with Crippen molar-refractivity contribution in [3.63, 3.8) is 0 Å². The molecular formula is C15H27N3OS. The second-order valence-electron chi connectivity index (χ2n) is 5.46. The highest BCUT2D eigenvalue weighted by atomic mass is 32.2. The van der Waals surface area contributed by atoms with Gasteiger partial charge in [0.2, 0.25) is 0 Å². The van der Waals surface area contributed by atoms with Crippen molar-refractivity contribution in [2.75, 3.05) is 23.9 Å². The van der Waals surface area contributed by atoms with E-state index in [0.29, 0.717) is 11.7 Å². The molecule has 1 aromatic rings. The molecule has 0 saturated carbocycles. The van der Waals surface area contributed by atoms with Crippen molar-refractivity contribution in [1.29, 1.82) is 0 Å². The first-order valence-corrected chi connectivity index (χ1v) is 8.82. The van der Waals surface area contributed by atoms with E-state index in [-0.39, 0.29) is 5.56 Å².